The predicted octanol–water partition coefficient (Wildman–Crippen LogP) is 0.546. The number of aromatic amines is 1. The zero-order valence-electron chi connectivity index (χ0n) is 6.23. The van der Waals surface area contributed by atoms with Crippen molar-refractivity contribution < 1.29 is 10.2 Å². The van der Waals surface area contributed by atoms with Gasteiger partial charge in [-0.3, -0.25) is 0 Å². The van der Waals surface area contributed by atoms with E-state index in [-0.39, 0.29) is 0 Å². The topological polar surface area (TPSA) is 69.1 Å². The summed E-state index contributed by atoms with van der Waals surface area (Å²) in [5, 5.41) is 18.5. The Morgan fingerprint density at radius 2 is 2.25 bits per heavy atom. The lowest BCUT2D eigenvalue weighted by molar-refractivity contribution is -0.0453. The Hall–Kier alpha value is -1.39. The van der Waals surface area contributed by atoms with Crippen molar-refractivity contribution >= 4 is 11.0 Å². The largest absolute Gasteiger partial charge is 0.363 e. The van der Waals surface area contributed by atoms with E-state index in [0.717, 1.165) is 5.39 Å². The zero-order chi connectivity index (χ0) is 8.55. The average Bonchev–Trinajstić information content (AvgIpc) is 2.46. The molecule has 0 saturated carbocycles. The third-order valence-corrected chi connectivity index (χ3v) is 1.69. The molecule has 0 amide bonds. The Balaban J connectivity index is 2.62. The molecule has 0 aliphatic rings. The zero-order valence-corrected chi connectivity index (χ0v) is 6.23. The standard InChI is InChI=1S/C8H8N2O2/c11-8(12)6-4-5-2-1-3-9-7(5)10-6/h1-4,8,11-12H,(H,9,10). The molecule has 2 aromatic heterocycles. The second-order valence-electron chi connectivity index (χ2n) is 2.54. The van der Waals surface area contributed by atoms with E-state index in [1.807, 2.05) is 6.07 Å². The van der Waals surface area contributed by atoms with Crippen molar-refractivity contribution in [2.24, 2.45) is 0 Å². The molecule has 0 saturated heterocycles. The number of aromatic nitrogens is 2. The molecule has 2 aromatic rings. The maximum Gasteiger partial charge on any atom is 0.193 e. The van der Waals surface area contributed by atoms with Crippen LogP contribution in [0, 0.1) is 0 Å². The van der Waals surface area contributed by atoms with Crippen LogP contribution >= 0.6 is 0 Å². The van der Waals surface area contributed by atoms with Crippen molar-refractivity contribution in [1.29, 1.82) is 0 Å². The van der Waals surface area contributed by atoms with Crippen LogP contribution in [0.3, 0.4) is 0 Å². The molecule has 0 aromatic carbocycles. The van der Waals surface area contributed by atoms with E-state index in [9.17, 15) is 0 Å². The van der Waals surface area contributed by atoms with E-state index < -0.39 is 6.29 Å². The molecule has 2 heterocycles. The quantitative estimate of drug-likeness (QED) is 0.539. The van der Waals surface area contributed by atoms with Gasteiger partial charge in [0.05, 0.1) is 5.69 Å². The molecule has 0 radical (unpaired) electrons. The summed E-state index contributed by atoms with van der Waals surface area (Å²) in [4.78, 5) is 6.79. The fourth-order valence-corrected chi connectivity index (χ4v) is 1.12. The van der Waals surface area contributed by atoms with Gasteiger partial charge >= 0.3 is 0 Å². The Kier molecular flexibility index (Phi) is 1.56. The number of rotatable bonds is 1. The van der Waals surface area contributed by atoms with Gasteiger partial charge in [-0.05, 0) is 18.2 Å². The first-order valence-corrected chi connectivity index (χ1v) is 3.57. The van der Waals surface area contributed by atoms with Crippen molar-refractivity contribution in [3.63, 3.8) is 0 Å². The van der Waals surface area contributed by atoms with Crippen molar-refractivity contribution in [1.82, 2.24) is 9.97 Å². The van der Waals surface area contributed by atoms with Gasteiger partial charge in [0.1, 0.15) is 5.65 Å². The van der Waals surface area contributed by atoms with E-state index in [0.29, 0.717) is 11.3 Å². The summed E-state index contributed by atoms with van der Waals surface area (Å²) < 4.78 is 0. The van der Waals surface area contributed by atoms with E-state index >= 15 is 0 Å². The molecule has 62 valence electrons. The first-order valence-electron chi connectivity index (χ1n) is 3.57. The summed E-state index contributed by atoms with van der Waals surface area (Å²) in [6, 6.07) is 5.31. The van der Waals surface area contributed by atoms with Crippen LogP contribution in [0.25, 0.3) is 11.0 Å². The average molecular weight is 164 g/mol. The van der Waals surface area contributed by atoms with Crippen LogP contribution in [0.4, 0.5) is 0 Å². The van der Waals surface area contributed by atoms with Gasteiger partial charge in [-0.25, -0.2) is 4.98 Å². The summed E-state index contributed by atoms with van der Waals surface area (Å²) in [5.41, 5.74) is 1.03. The lowest BCUT2D eigenvalue weighted by Crippen LogP contribution is -1.93. The molecular formula is C8H8N2O2. The van der Waals surface area contributed by atoms with Crippen LogP contribution in [-0.4, -0.2) is 20.2 Å². The summed E-state index contributed by atoms with van der Waals surface area (Å²) in [5.74, 6) is 0. The normalized spacial score (nSPS) is 11.2. The van der Waals surface area contributed by atoms with Gasteiger partial charge in [-0.1, -0.05) is 0 Å². The highest BCUT2D eigenvalue weighted by Crippen LogP contribution is 2.15. The van der Waals surface area contributed by atoms with Crippen LogP contribution in [0.5, 0.6) is 0 Å². The second-order valence-corrected chi connectivity index (χ2v) is 2.54. The monoisotopic (exact) mass is 164 g/mol. The molecule has 0 atom stereocenters. The SMILES string of the molecule is OC(O)c1cc2cccnc2[nH]1. The Bertz CT molecular complexity index is 362. The highest BCUT2D eigenvalue weighted by molar-refractivity contribution is 5.76. The van der Waals surface area contributed by atoms with Crippen molar-refractivity contribution in [3.05, 3.63) is 30.1 Å². The fourth-order valence-electron chi connectivity index (χ4n) is 1.12. The molecule has 0 aliphatic heterocycles. The lowest BCUT2D eigenvalue weighted by atomic mass is 10.3. The molecule has 0 unspecified atom stereocenters. The molecule has 4 heteroatoms. The van der Waals surface area contributed by atoms with E-state index in [2.05, 4.69) is 9.97 Å². The molecule has 0 bridgehead atoms. The van der Waals surface area contributed by atoms with Crippen LogP contribution in [0.1, 0.15) is 12.0 Å². The molecule has 12 heavy (non-hydrogen) atoms. The Morgan fingerprint density at radius 3 is 2.92 bits per heavy atom. The van der Waals surface area contributed by atoms with Crippen LogP contribution < -0.4 is 0 Å². The van der Waals surface area contributed by atoms with Crippen LogP contribution in [-0.2, 0) is 0 Å². The van der Waals surface area contributed by atoms with Crippen LogP contribution in [0.2, 0.25) is 0 Å². The molecule has 0 aliphatic carbocycles. The minimum Gasteiger partial charge on any atom is -0.363 e. The van der Waals surface area contributed by atoms with Gasteiger partial charge in [0.15, 0.2) is 6.29 Å². The third-order valence-electron chi connectivity index (χ3n) is 1.69. The number of H-pyrrole nitrogens is 1. The number of aliphatic hydroxyl groups is 2. The predicted molar refractivity (Wildman–Crippen MR) is 43.3 cm³/mol. The summed E-state index contributed by atoms with van der Waals surface area (Å²) >= 11 is 0. The Morgan fingerprint density at radius 1 is 1.42 bits per heavy atom. The van der Waals surface area contributed by atoms with Gasteiger partial charge in [-0.2, -0.15) is 0 Å². The van der Waals surface area contributed by atoms with E-state index in [1.54, 1.807) is 18.3 Å². The lowest BCUT2D eigenvalue weighted by Gasteiger charge is -1.95. The molecule has 4 nitrogen and oxygen atoms in total. The minimum atomic E-state index is -1.46. The maximum absolute atomic E-state index is 8.82. The van der Waals surface area contributed by atoms with Gasteiger partial charge in [0.25, 0.3) is 0 Å². The van der Waals surface area contributed by atoms with Gasteiger partial charge in [-0.15, -0.1) is 0 Å². The summed E-state index contributed by atoms with van der Waals surface area (Å²) in [6.45, 7) is 0. The number of nitrogens with one attached hydrogen (secondary N) is 1. The molecular weight excluding hydrogens is 156 g/mol. The van der Waals surface area contributed by atoms with Gasteiger partial charge in [0.2, 0.25) is 0 Å². The number of fused-ring (bicyclic) bond motifs is 1. The smallest absolute Gasteiger partial charge is 0.193 e. The first kappa shape index (κ1) is 7.27. The van der Waals surface area contributed by atoms with Crippen LogP contribution in [0.15, 0.2) is 24.4 Å². The maximum atomic E-state index is 8.82. The first-order chi connectivity index (χ1) is 5.77. The number of pyridine rings is 1. The van der Waals surface area contributed by atoms with Crippen molar-refractivity contribution in [2.75, 3.05) is 0 Å². The minimum absolute atomic E-state index is 0.365. The fraction of sp³-hybridized carbons (Fsp3) is 0.125. The highest BCUT2D eigenvalue weighted by atomic mass is 16.5. The molecule has 0 fully saturated rings. The number of nitrogens with zero attached hydrogens (tertiary/aromatic N) is 1. The van der Waals surface area contributed by atoms with E-state index in [1.165, 1.54) is 0 Å². The van der Waals surface area contributed by atoms with Gasteiger partial charge in [0, 0.05) is 11.6 Å². The highest BCUT2D eigenvalue weighted by Gasteiger charge is 2.06. The third kappa shape index (κ3) is 1.07. The molecule has 3 N–H and O–H groups in total. The summed E-state index contributed by atoms with van der Waals surface area (Å²) in [6.07, 6.45) is 0.186. The Labute approximate surface area is 68.5 Å². The number of hydrogen-bond donors (Lipinski definition) is 3. The number of aliphatic hydroxyl groups excluding tert-OH is 1. The number of hydrogen-bond acceptors (Lipinski definition) is 3. The van der Waals surface area contributed by atoms with Gasteiger partial charge < -0.3 is 15.2 Å². The second kappa shape index (κ2) is 2.58. The van der Waals surface area contributed by atoms with E-state index in [4.69, 9.17) is 10.2 Å². The molecule has 0 spiro atoms. The molecule has 2 rings (SSSR count). The van der Waals surface area contributed by atoms with Crippen molar-refractivity contribution in [2.45, 2.75) is 6.29 Å². The summed E-state index contributed by atoms with van der Waals surface area (Å²) in [7, 11) is 0. The van der Waals surface area contributed by atoms with Crippen molar-refractivity contribution in [3.8, 4) is 0 Å².